The molecule has 0 spiro atoms. The number of hydrogen-bond acceptors (Lipinski definition) is 7. The van der Waals surface area contributed by atoms with Crippen molar-refractivity contribution in [3.05, 3.63) is 52.8 Å². The van der Waals surface area contributed by atoms with Crippen molar-refractivity contribution in [2.45, 2.75) is 37.9 Å². The smallest absolute Gasteiger partial charge is 0.257 e. The predicted octanol–water partition coefficient (Wildman–Crippen LogP) is 3.10. The van der Waals surface area contributed by atoms with Crippen LogP contribution in [0, 0.1) is 31.6 Å². The third kappa shape index (κ3) is 5.84. The quantitative estimate of drug-likeness (QED) is 0.420. The summed E-state index contributed by atoms with van der Waals surface area (Å²) in [5.74, 6) is 1.08. The molecule has 198 valence electrons. The third-order valence-electron chi connectivity index (χ3n) is 8.05. The molecule has 1 aromatic carbocycles. The minimum atomic E-state index is -0.0459. The maximum atomic E-state index is 13.4. The minimum Gasteiger partial charge on any atom is -0.381 e. The van der Waals surface area contributed by atoms with Gasteiger partial charge in [-0.25, -0.2) is 9.97 Å². The Bertz CT molecular complexity index is 1090. The number of nitrogens with zero attached hydrogens (tertiary/aromatic N) is 4. The number of nitrogens with one attached hydrogen (secondary N) is 1. The number of carbonyl (C=O) groups excluding carboxylic acids is 2. The molecular formula is C28H37N5O3S. The lowest BCUT2D eigenvalue weighted by Gasteiger charge is -2.26. The Morgan fingerprint density at radius 3 is 2.35 bits per heavy atom. The highest BCUT2D eigenvalue weighted by Crippen LogP contribution is 2.33. The van der Waals surface area contributed by atoms with Gasteiger partial charge in [0, 0.05) is 39.3 Å². The van der Waals surface area contributed by atoms with Gasteiger partial charge in [-0.2, -0.15) is 0 Å². The molecule has 0 aliphatic carbocycles. The number of ether oxygens (including phenoxy) is 1. The molecule has 2 amide bonds. The van der Waals surface area contributed by atoms with Crippen molar-refractivity contribution in [2.75, 3.05) is 52.2 Å². The fourth-order valence-electron chi connectivity index (χ4n) is 6.03. The van der Waals surface area contributed by atoms with Gasteiger partial charge in [0.2, 0.25) is 5.91 Å². The van der Waals surface area contributed by atoms with Gasteiger partial charge in [0.05, 0.1) is 35.5 Å². The number of likely N-dealkylation sites (tertiary alicyclic amines) is 2. The van der Waals surface area contributed by atoms with E-state index in [1.807, 2.05) is 43.2 Å². The standard InChI is InChI=1S/C28H37N5O3S/c1-18-25(19(2)30-28(29-18)37-3)27(35)33-15-22-13-32(14-23(22)16-33)11-9-24(20-7-5-4-6-8-20)31-26(34)21-10-12-36-17-21/h4-8,21-24H,9-17H2,1-3H3,(H,31,34)/t21?,22-,23?,24?/m0/s1. The monoisotopic (exact) mass is 523 g/mol. The summed E-state index contributed by atoms with van der Waals surface area (Å²) in [4.78, 5) is 39.7. The molecule has 3 saturated heterocycles. The lowest BCUT2D eigenvalue weighted by Crippen LogP contribution is -2.37. The molecular weight excluding hydrogens is 486 g/mol. The number of hydrogen-bond donors (Lipinski definition) is 1. The first-order valence-corrected chi connectivity index (χ1v) is 14.5. The number of carbonyl (C=O) groups is 2. The van der Waals surface area contributed by atoms with Crippen LogP contribution in [0.5, 0.6) is 0 Å². The zero-order valence-corrected chi connectivity index (χ0v) is 22.8. The number of aromatic nitrogens is 2. The van der Waals surface area contributed by atoms with Gasteiger partial charge in [-0.15, -0.1) is 0 Å². The average molecular weight is 524 g/mol. The molecule has 3 aliphatic heterocycles. The Morgan fingerprint density at radius 2 is 1.76 bits per heavy atom. The molecule has 0 bridgehead atoms. The van der Waals surface area contributed by atoms with Gasteiger partial charge in [0.15, 0.2) is 5.16 Å². The summed E-state index contributed by atoms with van der Waals surface area (Å²) < 4.78 is 5.42. The van der Waals surface area contributed by atoms with Crippen LogP contribution in [0.25, 0.3) is 0 Å². The lowest BCUT2D eigenvalue weighted by atomic mass is 10.0. The Labute approximate surface area is 223 Å². The van der Waals surface area contributed by atoms with Crippen molar-refractivity contribution in [1.29, 1.82) is 0 Å². The summed E-state index contributed by atoms with van der Waals surface area (Å²) >= 11 is 1.50. The predicted molar refractivity (Wildman–Crippen MR) is 143 cm³/mol. The van der Waals surface area contributed by atoms with Gasteiger partial charge in [-0.1, -0.05) is 42.1 Å². The Morgan fingerprint density at radius 1 is 1.08 bits per heavy atom. The summed E-state index contributed by atoms with van der Waals surface area (Å²) in [5, 5.41) is 4.01. The molecule has 1 N–H and O–H groups in total. The average Bonchev–Trinajstić information content (AvgIpc) is 3.63. The molecule has 1 aromatic heterocycles. The summed E-state index contributed by atoms with van der Waals surface area (Å²) in [7, 11) is 0. The molecule has 4 heterocycles. The zero-order chi connectivity index (χ0) is 25.9. The van der Waals surface area contributed by atoms with E-state index >= 15 is 0 Å². The fraction of sp³-hybridized carbons (Fsp3) is 0.571. The molecule has 37 heavy (non-hydrogen) atoms. The van der Waals surface area contributed by atoms with E-state index in [9.17, 15) is 9.59 Å². The van der Waals surface area contributed by atoms with Crippen LogP contribution in [0.15, 0.2) is 35.5 Å². The van der Waals surface area contributed by atoms with Crippen molar-refractivity contribution >= 4 is 23.6 Å². The van der Waals surface area contributed by atoms with Crippen LogP contribution in [0.2, 0.25) is 0 Å². The maximum absolute atomic E-state index is 13.4. The Kier molecular flexibility index (Phi) is 8.12. The van der Waals surface area contributed by atoms with Crippen LogP contribution in [-0.4, -0.2) is 83.8 Å². The molecule has 4 atom stereocenters. The number of rotatable bonds is 8. The highest BCUT2D eigenvalue weighted by molar-refractivity contribution is 7.98. The highest BCUT2D eigenvalue weighted by atomic mass is 32.2. The Hall–Kier alpha value is -2.49. The summed E-state index contributed by atoms with van der Waals surface area (Å²) in [5.41, 5.74) is 3.33. The van der Waals surface area contributed by atoms with Gasteiger partial charge >= 0.3 is 0 Å². The first-order valence-electron chi connectivity index (χ1n) is 13.3. The second-order valence-corrected chi connectivity index (χ2v) is 11.3. The molecule has 0 radical (unpaired) electrons. The summed E-state index contributed by atoms with van der Waals surface area (Å²) in [6.07, 6.45) is 3.61. The van der Waals surface area contributed by atoms with E-state index in [1.54, 1.807) is 0 Å². The zero-order valence-electron chi connectivity index (χ0n) is 22.0. The highest BCUT2D eigenvalue weighted by Gasteiger charge is 2.42. The molecule has 3 aliphatic rings. The van der Waals surface area contributed by atoms with Crippen LogP contribution < -0.4 is 5.32 Å². The topological polar surface area (TPSA) is 87.7 Å². The molecule has 9 heteroatoms. The van der Waals surface area contributed by atoms with Gasteiger partial charge < -0.3 is 19.9 Å². The van der Waals surface area contributed by atoms with Gasteiger partial charge in [0.1, 0.15) is 0 Å². The number of thioether (sulfide) groups is 1. The van der Waals surface area contributed by atoms with Crippen molar-refractivity contribution in [2.24, 2.45) is 17.8 Å². The lowest BCUT2D eigenvalue weighted by molar-refractivity contribution is -0.125. The van der Waals surface area contributed by atoms with E-state index in [0.29, 0.717) is 35.8 Å². The van der Waals surface area contributed by atoms with E-state index in [2.05, 4.69) is 32.3 Å². The van der Waals surface area contributed by atoms with Crippen LogP contribution in [0.1, 0.15) is 46.2 Å². The Balaban J connectivity index is 1.17. The first kappa shape index (κ1) is 26.1. The van der Waals surface area contributed by atoms with Gasteiger partial charge in [-0.05, 0) is 50.3 Å². The molecule has 3 fully saturated rings. The number of benzene rings is 1. The van der Waals surface area contributed by atoms with Crippen molar-refractivity contribution in [1.82, 2.24) is 25.1 Å². The molecule has 2 aromatic rings. The van der Waals surface area contributed by atoms with Gasteiger partial charge in [0.25, 0.3) is 5.91 Å². The van der Waals surface area contributed by atoms with Crippen LogP contribution in [0.4, 0.5) is 0 Å². The van der Waals surface area contributed by atoms with Crippen molar-refractivity contribution in [3.63, 3.8) is 0 Å². The molecule has 5 rings (SSSR count). The minimum absolute atomic E-state index is 0.0111. The normalized spacial score (nSPS) is 24.3. The van der Waals surface area contributed by atoms with E-state index in [0.717, 1.165) is 62.5 Å². The second-order valence-electron chi connectivity index (χ2n) is 10.6. The molecule has 0 saturated carbocycles. The third-order valence-corrected chi connectivity index (χ3v) is 8.60. The van der Waals surface area contributed by atoms with Crippen LogP contribution in [-0.2, 0) is 9.53 Å². The number of amides is 2. The van der Waals surface area contributed by atoms with Crippen molar-refractivity contribution in [3.8, 4) is 0 Å². The van der Waals surface area contributed by atoms with Crippen molar-refractivity contribution < 1.29 is 14.3 Å². The largest absolute Gasteiger partial charge is 0.381 e. The number of aryl methyl sites for hydroxylation is 2. The van der Waals surface area contributed by atoms with Crippen LogP contribution in [0.3, 0.4) is 0 Å². The number of fused-ring (bicyclic) bond motifs is 1. The van der Waals surface area contributed by atoms with E-state index in [4.69, 9.17) is 4.74 Å². The molecule has 8 nitrogen and oxygen atoms in total. The van der Waals surface area contributed by atoms with Gasteiger partial charge in [-0.3, -0.25) is 9.59 Å². The van der Waals surface area contributed by atoms with E-state index in [-0.39, 0.29) is 23.8 Å². The maximum Gasteiger partial charge on any atom is 0.257 e. The SMILES string of the molecule is CSc1nc(C)c(C(=O)N2CC3CN(CCC(NC(=O)C4CCOC4)c4ccccc4)C[C@H]3C2)c(C)n1. The second kappa shape index (κ2) is 11.5. The van der Waals surface area contributed by atoms with E-state index < -0.39 is 0 Å². The molecule has 3 unspecified atom stereocenters. The summed E-state index contributed by atoms with van der Waals surface area (Å²) in [6.45, 7) is 9.45. The fourth-order valence-corrected chi connectivity index (χ4v) is 6.49. The van der Waals surface area contributed by atoms with E-state index in [1.165, 1.54) is 11.8 Å². The van der Waals surface area contributed by atoms with Crippen LogP contribution >= 0.6 is 11.8 Å². The summed E-state index contributed by atoms with van der Waals surface area (Å²) in [6, 6.07) is 10.2. The first-order chi connectivity index (χ1) is 17.9.